The topological polar surface area (TPSA) is 105 Å². The Morgan fingerprint density at radius 3 is 2.78 bits per heavy atom. The molecule has 0 aliphatic carbocycles. The van der Waals surface area contributed by atoms with Gasteiger partial charge in [-0.1, -0.05) is 13.8 Å². The van der Waals surface area contributed by atoms with E-state index >= 15 is 0 Å². The number of aromatic nitrogens is 5. The van der Waals surface area contributed by atoms with Crippen molar-refractivity contribution in [1.29, 1.82) is 0 Å². The number of aromatic amines is 1. The summed E-state index contributed by atoms with van der Waals surface area (Å²) >= 11 is 1.13. The number of nitrogens with zero attached hydrogens (tertiary/aromatic N) is 4. The highest BCUT2D eigenvalue weighted by atomic mass is 32.2. The summed E-state index contributed by atoms with van der Waals surface area (Å²) in [6.07, 6.45) is 2.85. The Kier molecular flexibility index (Phi) is 3.56. The Hall–Kier alpha value is -1.96. The van der Waals surface area contributed by atoms with Crippen LogP contribution < -0.4 is 0 Å². The molecular formula is C10H11N5O2S. The van der Waals surface area contributed by atoms with Crippen LogP contribution in [0.2, 0.25) is 0 Å². The fourth-order valence-corrected chi connectivity index (χ4v) is 1.98. The molecule has 2 N–H and O–H groups in total. The zero-order valence-corrected chi connectivity index (χ0v) is 10.6. The van der Waals surface area contributed by atoms with E-state index in [0.717, 1.165) is 11.8 Å². The molecule has 0 aromatic carbocycles. The first-order valence-electron chi connectivity index (χ1n) is 5.21. The van der Waals surface area contributed by atoms with Crippen LogP contribution in [0.3, 0.4) is 0 Å². The number of carboxylic acid groups (broad SMARTS) is 1. The van der Waals surface area contributed by atoms with Gasteiger partial charge in [-0.3, -0.25) is 5.10 Å². The first kappa shape index (κ1) is 12.5. The van der Waals surface area contributed by atoms with Crippen molar-refractivity contribution in [1.82, 2.24) is 25.1 Å². The van der Waals surface area contributed by atoms with Crippen LogP contribution in [-0.2, 0) is 0 Å². The van der Waals surface area contributed by atoms with Crippen molar-refractivity contribution in [2.24, 2.45) is 0 Å². The van der Waals surface area contributed by atoms with Crippen molar-refractivity contribution in [2.45, 2.75) is 29.8 Å². The Bertz CT molecular complexity index is 555. The quantitative estimate of drug-likeness (QED) is 0.864. The number of hydrogen-bond donors (Lipinski definition) is 2. The van der Waals surface area contributed by atoms with Crippen LogP contribution in [0, 0.1) is 0 Å². The molecule has 0 amide bonds. The highest BCUT2D eigenvalue weighted by Crippen LogP contribution is 2.26. The van der Waals surface area contributed by atoms with Crippen molar-refractivity contribution < 1.29 is 9.90 Å². The maximum Gasteiger partial charge on any atom is 0.355 e. The van der Waals surface area contributed by atoms with Gasteiger partial charge in [-0.15, -0.1) is 0 Å². The minimum absolute atomic E-state index is 0.0184. The fourth-order valence-electron chi connectivity index (χ4n) is 1.24. The fraction of sp³-hybridized carbons (Fsp3) is 0.300. The van der Waals surface area contributed by atoms with Crippen LogP contribution in [0.5, 0.6) is 0 Å². The van der Waals surface area contributed by atoms with Gasteiger partial charge in [0.25, 0.3) is 0 Å². The second-order valence-corrected chi connectivity index (χ2v) is 4.82. The molecule has 2 rings (SSSR count). The lowest BCUT2D eigenvalue weighted by Crippen LogP contribution is -2.08. The lowest BCUT2D eigenvalue weighted by Gasteiger charge is -2.07. The predicted octanol–water partition coefficient (Wildman–Crippen LogP) is 1.57. The van der Waals surface area contributed by atoms with Crippen LogP contribution in [0.15, 0.2) is 22.6 Å². The van der Waals surface area contributed by atoms with Crippen LogP contribution in [-0.4, -0.2) is 36.2 Å². The van der Waals surface area contributed by atoms with Crippen LogP contribution in [0.25, 0.3) is 0 Å². The van der Waals surface area contributed by atoms with Crippen LogP contribution >= 0.6 is 11.8 Å². The molecule has 0 fully saturated rings. The Morgan fingerprint density at radius 2 is 2.22 bits per heavy atom. The molecule has 7 nitrogen and oxygen atoms in total. The van der Waals surface area contributed by atoms with Crippen molar-refractivity contribution in [2.75, 3.05) is 0 Å². The summed E-state index contributed by atoms with van der Waals surface area (Å²) < 4.78 is 0. The summed E-state index contributed by atoms with van der Waals surface area (Å²) in [6, 6.07) is 0. The average molecular weight is 265 g/mol. The van der Waals surface area contributed by atoms with Gasteiger partial charge >= 0.3 is 5.97 Å². The molecule has 8 heteroatoms. The Balaban J connectivity index is 2.37. The van der Waals surface area contributed by atoms with Gasteiger partial charge in [-0.05, 0) is 11.8 Å². The molecule has 2 heterocycles. The average Bonchev–Trinajstić information content (AvgIpc) is 2.81. The summed E-state index contributed by atoms with van der Waals surface area (Å²) in [7, 11) is 0. The highest BCUT2D eigenvalue weighted by Gasteiger charge is 2.17. The minimum atomic E-state index is -1.08. The second kappa shape index (κ2) is 5.13. The zero-order chi connectivity index (χ0) is 13.1. The van der Waals surface area contributed by atoms with Crippen molar-refractivity contribution >= 4 is 17.7 Å². The molecule has 0 radical (unpaired) electrons. The Morgan fingerprint density at radius 1 is 1.44 bits per heavy atom. The van der Waals surface area contributed by atoms with E-state index < -0.39 is 5.97 Å². The largest absolute Gasteiger partial charge is 0.476 e. The molecule has 94 valence electrons. The molecule has 2 aromatic rings. The monoisotopic (exact) mass is 265 g/mol. The third-order valence-electron chi connectivity index (χ3n) is 2.09. The molecule has 0 aliphatic heterocycles. The number of aromatic carboxylic acids is 1. The van der Waals surface area contributed by atoms with Gasteiger partial charge in [0.2, 0.25) is 0 Å². The standard InChI is InChI=1S/C10H11N5O2S/c1-5(2)8-11-3-6(7(14-8)9(16)17)18-10-12-4-13-15-10/h3-5H,1-2H3,(H,16,17)(H,12,13,15). The normalized spacial score (nSPS) is 10.8. The van der Waals surface area contributed by atoms with E-state index in [2.05, 4.69) is 25.1 Å². The summed E-state index contributed by atoms with van der Waals surface area (Å²) in [5.41, 5.74) is -0.0184. The lowest BCUT2D eigenvalue weighted by atomic mass is 10.2. The zero-order valence-electron chi connectivity index (χ0n) is 9.78. The minimum Gasteiger partial charge on any atom is -0.476 e. The van der Waals surface area contributed by atoms with E-state index in [-0.39, 0.29) is 11.6 Å². The van der Waals surface area contributed by atoms with Gasteiger partial charge in [-0.2, -0.15) is 5.10 Å². The number of carbonyl (C=O) groups is 1. The molecule has 0 saturated heterocycles. The summed E-state index contributed by atoms with van der Waals surface area (Å²) in [4.78, 5) is 23.7. The summed E-state index contributed by atoms with van der Waals surface area (Å²) in [5.74, 6) is -0.497. The predicted molar refractivity (Wildman–Crippen MR) is 63.6 cm³/mol. The van der Waals surface area contributed by atoms with Gasteiger partial charge in [0.05, 0.1) is 4.90 Å². The Labute approximate surface area is 107 Å². The van der Waals surface area contributed by atoms with E-state index in [1.54, 1.807) is 0 Å². The molecule has 2 aromatic heterocycles. The maximum absolute atomic E-state index is 11.2. The number of hydrogen-bond acceptors (Lipinski definition) is 6. The van der Waals surface area contributed by atoms with Crippen molar-refractivity contribution in [3.8, 4) is 0 Å². The number of carboxylic acids is 1. The molecule has 0 saturated carbocycles. The highest BCUT2D eigenvalue weighted by molar-refractivity contribution is 7.99. The van der Waals surface area contributed by atoms with Gasteiger partial charge < -0.3 is 5.11 Å². The third-order valence-corrected chi connectivity index (χ3v) is 3.00. The van der Waals surface area contributed by atoms with E-state index in [9.17, 15) is 4.79 Å². The van der Waals surface area contributed by atoms with Gasteiger partial charge in [0.1, 0.15) is 12.2 Å². The first-order valence-corrected chi connectivity index (χ1v) is 6.03. The summed E-state index contributed by atoms with van der Waals surface area (Å²) in [5, 5.41) is 16.0. The molecule has 0 unspecified atom stereocenters. The van der Waals surface area contributed by atoms with E-state index in [1.165, 1.54) is 12.5 Å². The molecule has 0 atom stereocenters. The molecule has 0 aliphatic rings. The molecular weight excluding hydrogens is 254 g/mol. The van der Waals surface area contributed by atoms with E-state index in [0.29, 0.717) is 15.9 Å². The number of H-pyrrole nitrogens is 1. The first-order chi connectivity index (χ1) is 8.58. The van der Waals surface area contributed by atoms with Crippen LogP contribution in [0.4, 0.5) is 0 Å². The lowest BCUT2D eigenvalue weighted by molar-refractivity contribution is 0.0685. The van der Waals surface area contributed by atoms with Gasteiger partial charge in [-0.25, -0.2) is 19.7 Å². The number of rotatable bonds is 4. The third kappa shape index (κ3) is 2.65. The van der Waals surface area contributed by atoms with Gasteiger partial charge in [0, 0.05) is 12.1 Å². The van der Waals surface area contributed by atoms with E-state index in [4.69, 9.17) is 5.11 Å². The smallest absolute Gasteiger partial charge is 0.355 e. The molecule has 0 spiro atoms. The molecule has 18 heavy (non-hydrogen) atoms. The SMILES string of the molecule is CC(C)c1ncc(Sc2ncn[nH]2)c(C(=O)O)n1. The van der Waals surface area contributed by atoms with Crippen LogP contribution in [0.1, 0.15) is 36.1 Å². The molecule has 0 bridgehead atoms. The maximum atomic E-state index is 11.2. The van der Waals surface area contributed by atoms with Gasteiger partial charge in [0.15, 0.2) is 10.9 Å². The second-order valence-electron chi connectivity index (χ2n) is 3.79. The van der Waals surface area contributed by atoms with E-state index in [1.807, 2.05) is 13.8 Å². The number of nitrogens with one attached hydrogen (secondary N) is 1. The van der Waals surface area contributed by atoms with Crippen molar-refractivity contribution in [3.63, 3.8) is 0 Å². The van der Waals surface area contributed by atoms with Crippen molar-refractivity contribution in [3.05, 3.63) is 24.0 Å². The summed E-state index contributed by atoms with van der Waals surface area (Å²) in [6.45, 7) is 3.81.